The first kappa shape index (κ1) is 16.5. The smallest absolute Gasteiger partial charge is 0.227 e. The molecule has 2 atom stereocenters. The summed E-state index contributed by atoms with van der Waals surface area (Å²) in [7, 11) is 3.25. The van der Waals surface area contributed by atoms with Gasteiger partial charge in [-0.05, 0) is 11.6 Å². The van der Waals surface area contributed by atoms with Gasteiger partial charge in [0.2, 0.25) is 11.8 Å². The molecule has 2 amide bonds. The van der Waals surface area contributed by atoms with Crippen LogP contribution in [0.2, 0.25) is 0 Å². The summed E-state index contributed by atoms with van der Waals surface area (Å²) >= 11 is 0. The summed E-state index contributed by atoms with van der Waals surface area (Å²) in [6.45, 7) is 1.50. The van der Waals surface area contributed by atoms with Crippen molar-refractivity contribution in [3.05, 3.63) is 36.0 Å². The lowest BCUT2D eigenvalue weighted by Gasteiger charge is -2.16. The van der Waals surface area contributed by atoms with Crippen LogP contribution in [0.3, 0.4) is 0 Å². The van der Waals surface area contributed by atoms with Crippen LogP contribution in [0.25, 0.3) is 10.9 Å². The molecule has 0 aliphatic carbocycles. The van der Waals surface area contributed by atoms with E-state index in [1.165, 1.54) is 0 Å². The number of aromatic amines is 1. The van der Waals surface area contributed by atoms with E-state index in [1.807, 2.05) is 30.5 Å². The molecule has 2 aromatic rings. The van der Waals surface area contributed by atoms with Gasteiger partial charge in [0.15, 0.2) is 0 Å². The van der Waals surface area contributed by atoms with Gasteiger partial charge < -0.3 is 19.9 Å². The molecule has 1 fully saturated rings. The molecule has 2 heterocycles. The van der Waals surface area contributed by atoms with Gasteiger partial charge in [-0.25, -0.2) is 0 Å². The highest BCUT2D eigenvalue weighted by Gasteiger charge is 2.39. The van der Waals surface area contributed by atoms with E-state index in [9.17, 15) is 9.59 Å². The molecule has 1 aliphatic rings. The van der Waals surface area contributed by atoms with Crippen LogP contribution in [-0.2, 0) is 20.7 Å². The van der Waals surface area contributed by atoms with Gasteiger partial charge in [0, 0.05) is 50.3 Å². The van der Waals surface area contributed by atoms with E-state index < -0.39 is 0 Å². The van der Waals surface area contributed by atoms with Gasteiger partial charge in [0.05, 0.1) is 18.9 Å². The number of ether oxygens (including phenoxy) is 1. The Labute approximate surface area is 141 Å². The standard InChI is InChI=1S/C18H23N3O3/c1-19-18(23)15-10-21(9-13(15)11-24-2)17(22)7-12-8-20-16-6-4-3-5-14(12)16/h3-6,8,13,15,20H,7,9-11H2,1-2H3,(H,19,23)/t13-,15+/m0/s1. The predicted octanol–water partition coefficient (Wildman–Crippen LogP) is 1.18. The van der Waals surface area contributed by atoms with Crippen molar-refractivity contribution in [1.29, 1.82) is 0 Å². The lowest BCUT2D eigenvalue weighted by molar-refractivity contribution is -0.130. The number of methoxy groups -OCH3 is 1. The molecule has 1 aromatic carbocycles. The molecule has 1 aliphatic heterocycles. The van der Waals surface area contributed by atoms with E-state index in [-0.39, 0.29) is 23.7 Å². The monoisotopic (exact) mass is 329 g/mol. The van der Waals surface area contributed by atoms with Gasteiger partial charge in [-0.15, -0.1) is 0 Å². The summed E-state index contributed by atoms with van der Waals surface area (Å²) in [6, 6.07) is 7.94. The number of rotatable bonds is 5. The van der Waals surface area contributed by atoms with Crippen molar-refractivity contribution >= 4 is 22.7 Å². The number of fused-ring (bicyclic) bond motifs is 1. The molecule has 0 saturated carbocycles. The lowest BCUT2D eigenvalue weighted by atomic mass is 9.96. The van der Waals surface area contributed by atoms with E-state index in [4.69, 9.17) is 4.74 Å². The first-order valence-electron chi connectivity index (χ1n) is 8.17. The molecule has 0 bridgehead atoms. The van der Waals surface area contributed by atoms with Crippen LogP contribution in [0, 0.1) is 11.8 Å². The zero-order valence-corrected chi connectivity index (χ0v) is 14.0. The lowest BCUT2D eigenvalue weighted by Crippen LogP contribution is -2.35. The third-order valence-corrected chi connectivity index (χ3v) is 4.77. The number of nitrogens with zero attached hydrogens (tertiary/aromatic N) is 1. The number of aromatic nitrogens is 1. The summed E-state index contributed by atoms with van der Waals surface area (Å²) < 4.78 is 5.22. The third kappa shape index (κ3) is 3.14. The summed E-state index contributed by atoms with van der Waals surface area (Å²) in [5.74, 6) is -0.143. The summed E-state index contributed by atoms with van der Waals surface area (Å²) in [5.41, 5.74) is 2.02. The van der Waals surface area contributed by atoms with Crippen LogP contribution in [0.5, 0.6) is 0 Å². The second kappa shape index (κ2) is 7.05. The van der Waals surface area contributed by atoms with Crippen LogP contribution >= 0.6 is 0 Å². The Morgan fingerprint density at radius 1 is 1.33 bits per heavy atom. The number of hydrogen-bond donors (Lipinski definition) is 2. The average molecular weight is 329 g/mol. The maximum atomic E-state index is 12.7. The number of carbonyl (C=O) groups is 2. The highest BCUT2D eigenvalue weighted by molar-refractivity contribution is 5.89. The number of carbonyl (C=O) groups excluding carboxylic acids is 2. The molecule has 128 valence electrons. The molecular weight excluding hydrogens is 306 g/mol. The quantitative estimate of drug-likeness (QED) is 0.865. The third-order valence-electron chi connectivity index (χ3n) is 4.77. The number of para-hydroxylation sites is 1. The van der Waals surface area contributed by atoms with Crippen LogP contribution in [-0.4, -0.2) is 55.6 Å². The molecule has 3 rings (SSSR count). The zero-order valence-electron chi connectivity index (χ0n) is 14.0. The molecule has 1 aromatic heterocycles. The molecule has 6 heteroatoms. The van der Waals surface area contributed by atoms with Crippen molar-refractivity contribution in [2.24, 2.45) is 11.8 Å². The number of hydrogen-bond acceptors (Lipinski definition) is 3. The van der Waals surface area contributed by atoms with Crippen LogP contribution in [0.1, 0.15) is 5.56 Å². The number of benzene rings is 1. The van der Waals surface area contributed by atoms with Gasteiger partial charge in [-0.3, -0.25) is 9.59 Å². The van der Waals surface area contributed by atoms with Gasteiger partial charge >= 0.3 is 0 Å². The Balaban J connectivity index is 1.72. The second-order valence-electron chi connectivity index (χ2n) is 6.27. The Kier molecular flexibility index (Phi) is 4.85. The highest BCUT2D eigenvalue weighted by Crippen LogP contribution is 2.26. The van der Waals surface area contributed by atoms with Crippen LogP contribution in [0.15, 0.2) is 30.5 Å². The van der Waals surface area contributed by atoms with E-state index in [1.54, 1.807) is 19.1 Å². The van der Waals surface area contributed by atoms with Gasteiger partial charge in [0.25, 0.3) is 0 Å². The number of H-pyrrole nitrogens is 1. The second-order valence-corrected chi connectivity index (χ2v) is 6.27. The fourth-order valence-corrected chi connectivity index (χ4v) is 3.49. The van der Waals surface area contributed by atoms with Crippen molar-refractivity contribution in [2.45, 2.75) is 6.42 Å². The Morgan fingerprint density at radius 3 is 2.88 bits per heavy atom. The molecule has 0 unspecified atom stereocenters. The topological polar surface area (TPSA) is 74.4 Å². The Hall–Kier alpha value is -2.34. The van der Waals surface area contributed by atoms with Crippen molar-refractivity contribution in [3.8, 4) is 0 Å². The first-order valence-corrected chi connectivity index (χ1v) is 8.17. The van der Waals surface area contributed by atoms with E-state index in [2.05, 4.69) is 10.3 Å². The van der Waals surface area contributed by atoms with Crippen molar-refractivity contribution in [1.82, 2.24) is 15.2 Å². The summed E-state index contributed by atoms with van der Waals surface area (Å²) in [5, 5.41) is 3.76. The number of likely N-dealkylation sites (tertiary alicyclic amines) is 1. The largest absolute Gasteiger partial charge is 0.384 e. The molecule has 0 spiro atoms. The number of nitrogens with one attached hydrogen (secondary N) is 2. The molecule has 2 N–H and O–H groups in total. The minimum absolute atomic E-state index is 0.0283. The van der Waals surface area contributed by atoms with Crippen LogP contribution < -0.4 is 5.32 Å². The van der Waals surface area contributed by atoms with E-state index in [0.29, 0.717) is 26.1 Å². The van der Waals surface area contributed by atoms with E-state index in [0.717, 1.165) is 16.5 Å². The molecule has 6 nitrogen and oxygen atoms in total. The van der Waals surface area contributed by atoms with E-state index >= 15 is 0 Å². The summed E-state index contributed by atoms with van der Waals surface area (Å²) in [4.78, 5) is 29.7. The fraction of sp³-hybridized carbons (Fsp3) is 0.444. The van der Waals surface area contributed by atoms with Gasteiger partial charge in [-0.2, -0.15) is 0 Å². The highest BCUT2D eigenvalue weighted by atomic mass is 16.5. The number of amides is 2. The van der Waals surface area contributed by atoms with Crippen molar-refractivity contribution < 1.29 is 14.3 Å². The average Bonchev–Trinajstić information content (AvgIpc) is 3.19. The maximum Gasteiger partial charge on any atom is 0.227 e. The van der Waals surface area contributed by atoms with Crippen molar-refractivity contribution in [2.75, 3.05) is 33.9 Å². The fourth-order valence-electron chi connectivity index (χ4n) is 3.49. The molecule has 0 radical (unpaired) electrons. The van der Waals surface area contributed by atoms with Gasteiger partial charge in [0.1, 0.15) is 0 Å². The zero-order chi connectivity index (χ0) is 17.1. The Bertz CT molecular complexity index is 740. The van der Waals surface area contributed by atoms with Crippen LogP contribution in [0.4, 0.5) is 0 Å². The predicted molar refractivity (Wildman–Crippen MR) is 91.5 cm³/mol. The molecule has 1 saturated heterocycles. The molecule has 24 heavy (non-hydrogen) atoms. The maximum absolute atomic E-state index is 12.7. The van der Waals surface area contributed by atoms with Crippen molar-refractivity contribution in [3.63, 3.8) is 0 Å². The molecular formula is C18H23N3O3. The minimum atomic E-state index is -0.207. The first-order chi connectivity index (χ1) is 11.6. The SMILES string of the molecule is CNC(=O)[C@@H]1CN(C(=O)Cc2c[nH]c3ccccc23)C[C@H]1COC. The summed E-state index contributed by atoms with van der Waals surface area (Å²) in [6.07, 6.45) is 2.23. The minimum Gasteiger partial charge on any atom is -0.384 e. The normalized spacial score (nSPS) is 20.5. The van der Waals surface area contributed by atoms with Gasteiger partial charge in [-0.1, -0.05) is 18.2 Å². The Morgan fingerprint density at radius 2 is 2.12 bits per heavy atom.